The molecule has 3 rings (SSSR count). The number of aliphatic imine (C=N–C) groups is 1. The van der Waals surface area contributed by atoms with Gasteiger partial charge in [-0.2, -0.15) is 0 Å². The molecule has 6 heteroatoms. The topological polar surface area (TPSA) is 70.9 Å². The Hall–Kier alpha value is -2.73. The van der Waals surface area contributed by atoms with Gasteiger partial charge in [-0.3, -0.25) is 4.79 Å². The SMILES string of the molecule is COc1cccc(/C=C2/SC(=Nc3ccccc3)NC2=O)c1O. The summed E-state index contributed by atoms with van der Waals surface area (Å²) in [7, 11) is 1.48. The van der Waals surface area contributed by atoms with Gasteiger partial charge in [0.1, 0.15) is 0 Å². The quantitative estimate of drug-likeness (QED) is 0.849. The molecule has 2 aromatic rings. The largest absolute Gasteiger partial charge is 0.504 e. The van der Waals surface area contributed by atoms with Crippen LogP contribution in [0.15, 0.2) is 58.4 Å². The number of rotatable bonds is 3. The summed E-state index contributed by atoms with van der Waals surface area (Å²) in [4.78, 5) is 16.9. The number of benzene rings is 2. The molecule has 23 heavy (non-hydrogen) atoms. The summed E-state index contributed by atoms with van der Waals surface area (Å²) in [6, 6.07) is 14.5. The van der Waals surface area contributed by atoms with E-state index in [1.54, 1.807) is 24.3 Å². The fraction of sp³-hybridized carbons (Fsp3) is 0.0588. The molecule has 1 fully saturated rings. The second kappa shape index (κ2) is 6.58. The number of aromatic hydroxyl groups is 1. The van der Waals surface area contributed by atoms with Gasteiger partial charge in [0.25, 0.3) is 5.91 Å². The number of phenols is 1. The van der Waals surface area contributed by atoms with E-state index in [0.717, 1.165) is 5.69 Å². The third kappa shape index (κ3) is 3.37. The van der Waals surface area contributed by atoms with Crippen LogP contribution in [0.4, 0.5) is 5.69 Å². The maximum Gasteiger partial charge on any atom is 0.264 e. The number of amidine groups is 1. The minimum absolute atomic E-state index is 0.00403. The van der Waals surface area contributed by atoms with Crippen molar-refractivity contribution in [2.24, 2.45) is 4.99 Å². The molecule has 1 aliphatic rings. The summed E-state index contributed by atoms with van der Waals surface area (Å²) < 4.78 is 5.07. The lowest BCUT2D eigenvalue weighted by atomic mass is 10.1. The average Bonchev–Trinajstić information content (AvgIpc) is 2.90. The van der Waals surface area contributed by atoms with Crippen LogP contribution in [0.25, 0.3) is 6.08 Å². The number of hydrogen-bond acceptors (Lipinski definition) is 5. The van der Waals surface area contributed by atoms with E-state index in [4.69, 9.17) is 4.74 Å². The van der Waals surface area contributed by atoms with Crippen molar-refractivity contribution < 1.29 is 14.6 Å². The fourth-order valence-electron chi connectivity index (χ4n) is 2.06. The first-order chi connectivity index (χ1) is 11.2. The van der Waals surface area contributed by atoms with Gasteiger partial charge in [-0.15, -0.1) is 0 Å². The zero-order valence-corrected chi connectivity index (χ0v) is 13.1. The van der Waals surface area contributed by atoms with E-state index in [9.17, 15) is 9.90 Å². The second-order valence-electron chi connectivity index (χ2n) is 4.72. The van der Waals surface area contributed by atoms with Crippen molar-refractivity contribution in [1.29, 1.82) is 0 Å². The van der Waals surface area contributed by atoms with Crippen LogP contribution in [0.3, 0.4) is 0 Å². The van der Waals surface area contributed by atoms with Crippen molar-refractivity contribution in [1.82, 2.24) is 5.32 Å². The summed E-state index contributed by atoms with van der Waals surface area (Å²) in [6.45, 7) is 0. The minimum Gasteiger partial charge on any atom is -0.504 e. The lowest BCUT2D eigenvalue weighted by Gasteiger charge is -2.05. The zero-order valence-electron chi connectivity index (χ0n) is 12.3. The molecule has 0 aromatic heterocycles. The molecule has 0 radical (unpaired) electrons. The lowest BCUT2D eigenvalue weighted by Crippen LogP contribution is -2.19. The number of ether oxygens (including phenoxy) is 1. The van der Waals surface area contributed by atoms with Crippen LogP contribution in [0.2, 0.25) is 0 Å². The van der Waals surface area contributed by atoms with E-state index in [1.807, 2.05) is 30.3 Å². The van der Waals surface area contributed by atoms with E-state index in [0.29, 0.717) is 21.4 Å². The lowest BCUT2D eigenvalue weighted by molar-refractivity contribution is -0.115. The number of para-hydroxylation sites is 2. The Labute approximate surface area is 137 Å². The molecular weight excluding hydrogens is 312 g/mol. The van der Waals surface area contributed by atoms with Gasteiger partial charge in [-0.1, -0.05) is 30.3 Å². The summed E-state index contributed by atoms with van der Waals surface area (Å²) >= 11 is 1.23. The molecule has 0 saturated carbocycles. The number of thioether (sulfide) groups is 1. The normalized spacial score (nSPS) is 17.5. The zero-order chi connectivity index (χ0) is 16.2. The first-order valence-corrected chi connectivity index (χ1v) is 7.69. The van der Waals surface area contributed by atoms with Gasteiger partial charge >= 0.3 is 0 Å². The molecule has 1 saturated heterocycles. The molecule has 0 spiro atoms. The number of carbonyl (C=O) groups excluding carboxylic acids is 1. The maximum absolute atomic E-state index is 12.1. The summed E-state index contributed by atoms with van der Waals surface area (Å²) in [5.41, 5.74) is 1.28. The third-order valence-electron chi connectivity index (χ3n) is 3.17. The van der Waals surface area contributed by atoms with Crippen molar-refractivity contribution in [2.45, 2.75) is 0 Å². The van der Waals surface area contributed by atoms with Crippen molar-refractivity contribution in [3.63, 3.8) is 0 Å². The molecule has 0 aliphatic carbocycles. The number of hydrogen-bond donors (Lipinski definition) is 2. The summed E-state index contributed by atoms with van der Waals surface area (Å²) in [5.74, 6) is 0.122. The van der Waals surface area contributed by atoms with E-state index in [1.165, 1.54) is 18.9 Å². The molecule has 1 amide bonds. The Morgan fingerprint density at radius 1 is 1.17 bits per heavy atom. The predicted octanol–water partition coefficient (Wildman–Crippen LogP) is 3.29. The predicted molar refractivity (Wildman–Crippen MR) is 91.9 cm³/mol. The maximum atomic E-state index is 12.1. The number of amides is 1. The third-order valence-corrected chi connectivity index (χ3v) is 4.08. The Bertz CT molecular complexity index is 801. The van der Waals surface area contributed by atoms with E-state index < -0.39 is 0 Å². The Kier molecular flexibility index (Phi) is 4.34. The van der Waals surface area contributed by atoms with Gasteiger partial charge in [-0.05, 0) is 36.0 Å². The standard InChI is InChI=1S/C17H14N2O3S/c1-22-13-9-5-6-11(15(13)20)10-14-16(21)19-17(23-14)18-12-7-3-2-4-8-12/h2-10,20H,1H3,(H,18,19,21)/b14-10+. The fourth-order valence-corrected chi connectivity index (χ4v) is 2.89. The highest BCUT2D eigenvalue weighted by Crippen LogP contribution is 2.34. The number of nitrogens with zero attached hydrogens (tertiary/aromatic N) is 1. The number of nitrogens with one attached hydrogen (secondary N) is 1. The molecule has 0 unspecified atom stereocenters. The van der Waals surface area contributed by atoms with Gasteiger partial charge < -0.3 is 15.2 Å². The number of carbonyl (C=O) groups is 1. The highest BCUT2D eigenvalue weighted by molar-refractivity contribution is 8.18. The first kappa shape index (κ1) is 15.2. The van der Waals surface area contributed by atoms with Crippen LogP contribution in [0.1, 0.15) is 5.56 Å². The molecule has 0 bridgehead atoms. The molecule has 116 valence electrons. The van der Waals surface area contributed by atoms with Crippen LogP contribution < -0.4 is 10.1 Å². The molecule has 2 aromatic carbocycles. The summed E-state index contributed by atoms with van der Waals surface area (Å²) in [5, 5.41) is 13.3. The van der Waals surface area contributed by atoms with Crippen LogP contribution in [-0.2, 0) is 4.79 Å². The van der Waals surface area contributed by atoms with Gasteiger partial charge in [0, 0.05) is 5.56 Å². The van der Waals surface area contributed by atoms with Crippen LogP contribution in [0, 0.1) is 0 Å². The minimum atomic E-state index is -0.244. The van der Waals surface area contributed by atoms with E-state index >= 15 is 0 Å². The molecule has 1 aliphatic heterocycles. The Balaban J connectivity index is 1.87. The van der Waals surface area contributed by atoms with Crippen molar-refractivity contribution >= 4 is 34.6 Å². The van der Waals surface area contributed by atoms with Gasteiger partial charge in [0.05, 0.1) is 17.7 Å². The first-order valence-electron chi connectivity index (χ1n) is 6.88. The monoisotopic (exact) mass is 326 g/mol. The smallest absolute Gasteiger partial charge is 0.264 e. The van der Waals surface area contributed by atoms with Crippen LogP contribution in [0.5, 0.6) is 11.5 Å². The molecule has 1 heterocycles. The van der Waals surface area contributed by atoms with E-state index in [-0.39, 0.29) is 11.7 Å². The highest BCUT2D eigenvalue weighted by atomic mass is 32.2. The van der Waals surface area contributed by atoms with Crippen LogP contribution >= 0.6 is 11.8 Å². The molecule has 0 atom stereocenters. The number of phenolic OH excluding ortho intramolecular Hbond substituents is 1. The molecule has 5 nitrogen and oxygen atoms in total. The van der Waals surface area contributed by atoms with Gasteiger partial charge in [0.15, 0.2) is 16.7 Å². The van der Waals surface area contributed by atoms with Crippen molar-refractivity contribution in [3.8, 4) is 11.5 Å². The second-order valence-corrected chi connectivity index (χ2v) is 5.75. The number of methoxy groups -OCH3 is 1. The van der Waals surface area contributed by atoms with Crippen LogP contribution in [-0.4, -0.2) is 23.3 Å². The molecular formula is C17H14N2O3S. The Morgan fingerprint density at radius 3 is 2.70 bits per heavy atom. The van der Waals surface area contributed by atoms with E-state index in [2.05, 4.69) is 10.3 Å². The Morgan fingerprint density at radius 2 is 1.96 bits per heavy atom. The van der Waals surface area contributed by atoms with Crippen molar-refractivity contribution in [2.75, 3.05) is 7.11 Å². The van der Waals surface area contributed by atoms with Gasteiger partial charge in [-0.25, -0.2) is 4.99 Å². The van der Waals surface area contributed by atoms with Gasteiger partial charge in [0.2, 0.25) is 0 Å². The van der Waals surface area contributed by atoms with Crippen molar-refractivity contribution in [3.05, 3.63) is 59.0 Å². The molecule has 2 N–H and O–H groups in total. The highest BCUT2D eigenvalue weighted by Gasteiger charge is 2.24. The average molecular weight is 326 g/mol. The summed E-state index contributed by atoms with van der Waals surface area (Å²) in [6.07, 6.45) is 1.62.